The third kappa shape index (κ3) is 2.19. The van der Waals surface area contributed by atoms with Gasteiger partial charge in [-0.25, -0.2) is 8.42 Å². The number of hydrogen-bond acceptors (Lipinski definition) is 3. The van der Waals surface area contributed by atoms with E-state index in [9.17, 15) is 13.2 Å². The fourth-order valence-electron chi connectivity index (χ4n) is 1.57. The van der Waals surface area contributed by atoms with E-state index in [1.807, 2.05) is 0 Å². The van der Waals surface area contributed by atoms with Crippen molar-refractivity contribution in [2.45, 2.75) is 18.9 Å². The number of rotatable bonds is 2. The summed E-state index contributed by atoms with van der Waals surface area (Å²) >= 11 is 0. The van der Waals surface area contributed by atoms with Crippen LogP contribution in [-0.4, -0.2) is 44.5 Å². The summed E-state index contributed by atoms with van der Waals surface area (Å²) in [6.07, 6.45) is 2.51. The Balaban J connectivity index is 2.82. The first kappa shape index (κ1) is 10.5. The van der Waals surface area contributed by atoms with Crippen LogP contribution in [0.4, 0.5) is 0 Å². The standard InChI is InChI=1S/C7H14N2O3S/c1-8-7(10)6-4-3-5-9(6)13(2,11)12/h6H,3-5H2,1-2H3,(H,8,10)/t6-/m0/s1. The maximum atomic E-state index is 11.3. The zero-order valence-corrected chi connectivity index (χ0v) is 8.60. The molecule has 0 aromatic carbocycles. The largest absolute Gasteiger partial charge is 0.358 e. The van der Waals surface area contributed by atoms with Crippen LogP contribution in [0.5, 0.6) is 0 Å². The van der Waals surface area contributed by atoms with Crippen LogP contribution in [0.15, 0.2) is 0 Å². The lowest BCUT2D eigenvalue weighted by Gasteiger charge is -2.20. The molecule has 1 saturated heterocycles. The minimum atomic E-state index is -3.23. The zero-order valence-electron chi connectivity index (χ0n) is 7.78. The molecule has 1 aliphatic rings. The topological polar surface area (TPSA) is 66.5 Å². The first-order chi connectivity index (χ1) is 5.96. The van der Waals surface area contributed by atoms with Crippen molar-refractivity contribution < 1.29 is 13.2 Å². The summed E-state index contributed by atoms with van der Waals surface area (Å²) in [5.41, 5.74) is 0. The molecule has 0 radical (unpaired) electrons. The van der Waals surface area contributed by atoms with Crippen LogP contribution in [0.1, 0.15) is 12.8 Å². The summed E-state index contributed by atoms with van der Waals surface area (Å²) in [5.74, 6) is -0.220. The summed E-state index contributed by atoms with van der Waals surface area (Å²) in [5, 5.41) is 2.46. The van der Waals surface area contributed by atoms with Crippen molar-refractivity contribution >= 4 is 15.9 Å². The molecule has 1 atom stereocenters. The minimum Gasteiger partial charge on any atom is -0.358 e. The molecule has 13 heavy (non-hydrogen) atoms. The highest BCUT2D eigenvalue weighted by Crippen LogP contribution is 2.19. The molecule has 6 heteroatoms. The van der Waals surface area contributed by atoms with Gasteiger partial charge in [0.05, 0.1) is 6.26 Å². The number of nitrogens with zero attached hydrogens (tertiary/aromatic N) is 1. The number of hydrogen-bond donors (Lipinski definition) is 1. The number of nitrogens with one attached hydrogen (secondary N) is 1. The lowest BCUT2D eigenvalue weighted by Crippen LogP contribution is -2.44. The normalized spacial score (nSPS) is 24.6. The zero-order chi connectivity index (χ0) is 10.1. The van der Waals surface area contributed by atoms with Crippen molar-refractivity contribution in [3.63, 3.8) is 0 Å². The third-order valence-electron chi connectivity index (χ3n) is 2.18. The maximum absolute atomic E-state index is 11.3. The fraction of sp³-hybridized carbons (Fsp3) is 0.857. The monoisotopic (exact) mass is 206 g/mol. The van der Waals surface area contributed by atoms with Crippen LogP contribution in [0.3, 0.4) is 0 Å². The van der Waals surface area contributed by atoms with Crippen molar-refractivity contribution in [1.82, 2.24) is 9.62 Å². The van der Waals surface area contributed by atoms with E-state index in [0.29, 0.717) is 13.0 Å². The van der Waals surface area contributed by atoms with Crippen LogP contribution < -0.4 is 5.32 Å². The SMILES string of the molecule is CNC(=O)[C@@H]1CCCN1S(C)(=O)=O. The Kier molecular flexibility index (Phi) is 2.92. The summed E-state index contributed by atoms with van der Waals surface area (Å²) in [6, 6.07) is -0.500. The lowest BCUT2D eigenvalue weighted by atomic mass is 10.2. The molecule has 1 heterocycles. The first-order valence-corrected chi connectivity index (χ1v) is 6.00. The van der Waals surface area contributed by atoms with Gasteiger partial charge >= 0.3 is 0 Å². The second-order valence-electron chi connectivity index (χ2n) is 3.15. The van der Waals surface area contributed by atoms with E-state index in [1.165, 1.54) is 11.4 Å². The molecule has 0 spiro atoms. The Labute approximate surface area is 78.2 Å². The molecule has 1 aliphatic heterocycles. The predicted octanol–water partition coefficient (Wildman–Crippen LogP) is -0.844. The van der Waals surface area contributed by atoms with Crippen molar-refractivity contribution in [2.75, 3.05) is 19.8 Å². The first-order valence-electron chi connectivity index (χ1n) is 4.15. The fourth-order valence-corrected chi connectivity index (χ4v) is 2.69. The second-order valence-corrected chi connectivity index (χ2v) is 5.08. The molecule has 0 aromatic rings. The van der Waals surface area contributed by atoms with E-state index >= 15 is 0 Å². The molecule has 0 saturated carbocycles. The molecule has 0 aromatic heterocycles. The predicted molar refractivity (Wildman–Crippen MR) is 48.6 cm³/mol. The summed E-state index contributed by atoms with van der Waals surface area (Å²) in [6.45, 7) is 0.455. The van der Waals surface area contributed by atoms with Gasteiger partial charge in [-0.1, -0.05) is 0 Å². The van der Waals surface area contributed by atoms with Crippen LogP contribution in [0.25, 0.3) is 0 Å². The Morgan fingerprint density at radius 2 is 2.15 bits per heavy atom. The van der Waals surface area contributed by atoms with Crippen LogP contribution >= 0.6 is 0 Å². The molecule has 1 N–H and O–H groups in total. The quantitative estimate of drug-likeness (QED) is 0.640. The van der Waals surface area contributed by atoms with E-state index in [2.05, 4.69) is 5.32 Å². The van der Waals surface area contributed by atoms with Gasteiger partial charge in [0, 0.05) is 13.6 Å². The van der Waals surface area contributed by atoms with E-state index in [4.69, 9.17) is 0 Å². The van der Waals surface area contributed by atoms with E-state index in [-0.39, 0.29) is 5.91 Å². The van der Waals surface area contributed by atoms with Crippen molar-refractivity contribution in [3.8, 4) is 0 Å². The van der Waals surface area contributed by atoms with Gasteiger partial charge in [0.1, 0.15) is 6.04 Å². The molecular formula is C7H14N2O3S. The summed E-state index contributed by atoms with van der Waals surface area (Å²) in [7, 11) is -1.72. The van der Waals surface area contributed by atoms with Gasteiger partial charge in [0.2, 0.25) is 15.9 Å². The second kappa shape index (κ2) is 3.63. The van der Waals surface area contributed by atoms with Gasteiger partial charge in [0.25, 0.3) is 0 Å². The molecular weight excluding hydrogens is 192 g/mol. The molecule has 0 aliphatic carbocycles. The smallest absolute Gasteiger partial charge is 0.238 e. The van der Waals surface area contributed by atoms with Gasteiger partial charge in [0.15, 0.2) is 0 Å². The number of sulfonamides is 1. The highest BCUT2D eigenvalue weighted by atomic mass is 32.2. The number of amides is 1. The molecule has 1 rings (SSSR count). The minimum absolute atomic E-state index is 0.220. The van der Waals surface area contributed by atoms with Crippen molar-refractivity contribution in [2.24, 2.45) is 0 Å². The van der Waals surface area contributed by atoms with E-state index in [1.54, 1.807) is 0 Å². The maximum Gasteiger partial charge on any atom is 0.238 e. The molecule has 5 nitrogen and oxygen atoms in total. The Morgan fingerprint density at radius 1 is 1.54 bits per heavy atom. The number of carbonyl (C=O) groups is 1. The number of likely N-dealkylation sites (N-methyl/N-ethyl adjacent to an activating group) is 1. The highest BCUT2D eigenvalue weighted by molar-refractivity contribution is 7.88. The van der Waals surface area contributed by atoms with Crippen LogP contribution in [0, 0.1) is 0 Å². The molecule has 76 valence electrons. The molecule has 1 fully saturated rings. The average Bonchev–Trinajstić information content (AvgIpc) is 2.49. The van der Waals surface area contributed by atoms with Crippen molar-refractivity contribution in [1.29, 1.82) is 0 Å². The number of carbonyl (C=O) groups excluding carboxylic acids is 1. The summed E-state index contributed by atoms with van der Waals surface area (Å²) in [4.78, 5) is 11.3. The lowest BCUT2D eigenvalue weighted by molar-refractivity contribution is -0.123. The molecule has 1 amide bonds. The van der Waals surface area contributed by atoms with Gasteiger partial charge in [-0.15, -0.1) is 0 Å². The molecule has 0 unspecified atom stereocenters. The van der Waals surface area contributed by atoms with Crippen molar-refractivity contribution in [3.05, 3.63) is 0 Å². The summed E-state index contributed by atoms with van der Waals surface area (Å²) < 4.78 is 23.7. The average molecular weight is 206 g/mol. The highest BCUT2D eigenvalue weighted by Gasteiger charge is 2.35. The van der Waals surface area contributed by atoms with Gasteiger partial charge in [-0.05, 0) is 12.8 Å². The van der Waals surface area contributed by atoms with Gasteiger partial charge in [-0.3, -0.25) is 4.79 Å². The van der Waals surface area contributed by atoms with E-state index in [0.717, 1.165) is 12.7 Å². The Bertz CT molecular complexity index is 299. The Hall–Kier alpha value is -0.620. The van der Waals surface area contributed by atoms with Gasteiger partial charge in [-0.2, -0.15) is 4.31 Å². The Morgan fingerprint density at radius 3 is 2.62 bits per heavy atom. The van der Waals surface area contributed by atoms with E-state index < -0.39 is 16.1 Å². The van der Waals surface area contributed by atoms with Gasteiger partial charge < -0.3 is 5.32 Å². The molecule has 0 bridgehead atoms. The van der Waals surface area contributed by atoms with Crippen LogP contribution in [-0.2, 0) is 14.8 Å². The van der Waals surface area contributed by atoms with Crippen LogP contribution in [0.2, 0.25) is 0 Å². The third-order valence-corrected chi connectivity index (χ3v) is 3.47.